The quantitative estimate of drug-likeness (QED) is 0.462. The Morgan fingerprint density at radius 1 is 0.769 bits per heavy atom. The van der Waals surface area contributed by atoms with E-state index in [0.717, 1.165) is 0 Å². The summed E-state index contributed by atoms with van der Waals surface area (Å²) in [6, 6.07) is 8.11. The van der Waals surface area contributed by atoms with Crippen LogP contribution in [0.5, 0.6) is 17.2 Å². The van der Waals surface area contributed by atoms with Crippen LogP contribution in [0.4, 0.5) is 0 Å². The van der Waals surface area contributed by atoms with E-state index in [9.17, 15) is 14.4 Å². The zero-order chi connectivity index (χ0) is 19.4. The van der Waals surface area contributed by atoms with Crippen LogP contribution in [0.2, 0.25) is 0 Å². The van der Waals surface area contributed by atoms with Gasteiger partial charge in [0.05, 0.1) is 0 Å². The molecule has 6 heteroatoms. The van der Waals surface area contributed by atoms with E-state index in [1.807, 2.05) is 0 Å². The first-order valence-corrected chi connectivity index (χ1v) is 7.70. The van der Waals surface area contributed by atoms with Gasteiger partial charge in [0.2, 0.25) is 0 Å². The third-order valence-electron chi connectivity index (χ3n) is 3.27. The maximum absolute atomic E-state index is 12.0. The Bertz CT molecular complexity index is 939. The Morgan fingerprint density at radius 3 is 1.85 bits per heavy atom. The fourth-order valence-corrected chi connectivity index (χ4v) is 2.08. The molecular weight excluding hydrogens is 336 g/mol. The summed E-state index contributed by atoms with van der Waals surface area (Å²) in [4.78, 5) is 35.4. The molecular formula is C20H18O6. The minimum atomic E-state index is -0.671. The van der Waals surface area contributed by atoms with Crippen molar-refractivity contribution >= 4 is 28.7 Å². The van der Waals surface area contributed by atoms with E-state index in [-0.39, 0.29) is 28.4 Å². The summed E-state index contributed by atoms with van der Waals surface area (Å²) in [6.45, 7) is 11.3. The van der Waals surface area contributed by atoms with Crippen molar-refractivity contribution in [1.29, 1.82) is 0 Å². The molecule has 0 saturated heterocycles. The van der Waals surface area contributed by atoms with Gasteiger partial charge in [-0.25, -0.2) is 9.59 Å². The highest BCUT2D eigenvalue weighted by molar-refractivity contribution is 6.01. The molecule has 0 saturated carbocycles. The first-order chi connectivity index (χ1) is 12.2. The molecule has 0 spiro atoms. The molecule has 26 heavy (non-hydrogen) atoms. The number of ether oxygens (including phenoxy) is 3. The molecule has 0 radical (unpaired) electrons. The predicted molar refractivity (Wildman–Crippen MR) is 96.2 cm³/mol. The summed E-state index contributed by atoms with van der Waals surface area (Å²) in [7, 11) is 0. The van der Waals surface area contributed by atoms with E-state index in [1.165, 1.54) is 26.8 Å². The van der Waals surface area contributed by atoms with E-state index >= 15 is 0 Å². The molecule has 0 bridgehead atoms. The van der Waals surface area contributed by atoms with Gasteiger partial charge in [-0.05, 0) is 13.8 Å². The van der Waals surface area contributed by atoms with Crippen molar-refractivity contribution in [3.05, 3.63) is 54.6 Å². The number of esters is 3. The normalized spacial score (nSPS) is 10.1. The van der Waals surface area contributed by atoms with Crippen LogP contribution in [-0.2, 0) is 14.4 Å². The van der Waals surface area contributed by atoms with E-state index in [0.29, 0.717) is 10.8 Å². The number of hydrogen-bond acceptors (Lipinski definition) is 6. The minimum Gasteiger partial charge on any atom is -0.423 e. The van der Waals surface area contributed by atoms with Crippen molar-refractivity contribution < 1.29 is 28.6 Å². The molecule has 2 aromatic rings. The lowest BCUT2D eigenvalue weighted by molar-refractivity contribution is -0.133. The molecule has 0 heterocycles. The molecule has 0 atom stereocenters. The molecule has 0 aliphatic heterocycles. The molecule has 0 N–H and O–H groups in total. The first-order valence-electron chi connectivity index (χ1n) is 7.70. The lowest BCUT2D eigenvalue weighted by Crippen LogP contribution is -2.13. The Balaban J connectivity index is 2.70. The van der Waals surface area contributed by atoms with Gasteiger partial charge in [0.25, 0.3) is 0 Å². The summed E-state index contributed by atoms with van der Waals surface area (Å²) in [5.74, 6) is -1.77. The smallest absolute Gasteiger partial charge is 0.338 e. The van der Waals surface area contributed by atoms with Gasteiger partial charge in [-0.15, -0.1) is 0 Å². The highest BCUT2D eigenvalue weighted by atomic mass is 16.6. The average molecular weight is 354 g/mol. The monoisotopic (exact) mass is 354 g/mol. The SMILES string of the molecule is C=C(C)C(=O)Oc1cc(OC(C)=O)c(OC(=O)C(=C)C)c2ccccc12. The van der Waals surface area contributed by atoms with E-state index < -0.39 is 17.9 Å². The summed E-state index contributed by atoms with van der Waals surface area (Å²) >= 11 is 0. The number of rotatable bonds is 5. The third kappa shape index (κ3) is 4.16. The van der Waals surface area contributed by atoms with Gasteiger partial charge in [0, 0.05) is 34.9 Å². The Morgan fingerprint density at radius 2 is 1.31 bits per heavy atom. The zero-order valence-corrected chi connectivity index (χ0v) is 14.8. The average Bonchev–Trinajstić information content (AvgIpc) is 2.57. The molecule has 6 nitrogen and oxygen atoms in total. The molecule has 134 valence electrons. The van der Waals surface area contributed by atoms with Gasteiger partial charge >= 0.3 is 17.9 Å². The van der Waals surface area contributed by atoms with Crippen molar-refractivity contribution in [3.63, 3.8) is 0 Å². The van der Waals surface area contributed by atoms with Gasteiger partial charge in [0.1, 0.15) is 5.75 Å². The molecule has 0 amide bonds. The molecule has 0 unspecified atom stereocenters. The largest absolute Gasteiger partial charge is 0.423 e. The maximum atomic E-state index is 12.0. The van der Waals surface area contributed by atoms with Crippen LogP contribution in [0.25, 0.3) is 10.8 Å². The summed E-state index contributed by atoms with van der Waals surface area (Å²) in [6.07, 6.45) is 0. The highest BCUT2D eigenvalue weighted by Gasteiger charge is 2.21. The van der Waals surface area contributed by atoms with Gasteiger partial charge in [0.15, 0.2) is 11.5 Å². The molecule has 2 aromatic carbocycles. The van der Waals surface area contributed by atoms with E-state index in [2.05, 4.69) is 13.2 Å². The first kappa shape index (κ1) is 18.9. The lowest BCUT2D eigenvalue weighted by Gasteiger charge is -2.15. The summed E-state index contributed by atoms with van der Waals surface area (Å²) < 4.78 is 15.8. The van der Waals surface area contributed by atoms with Gasteiger partial charge in [-0.2, -0.15) is 0 Å². The molecule has 0 aliphatic rings. The maximum Gasteiger partial charge on any atom is 0.338 e. The Labute approximate surface area is 150 Å². The van der Waals surface area contributed by atoms with Gasteiger partial charge in [-0.3, -0.25) is 4.79 Å². The number of fused-ring (bicyclic) bond motifs is 1. The van der Waals surface area contributed by atoms with Crippen molar-refractivity contribution in [2.45, 2.75) is 20.8 Å². The fourth-order valence-electron chi connectivity index (χ4n) is 2.08. The van der Waals surface area contributed by atoms with Crippen LogP contribution in [0.15, 0.2) is 54.6 Å². The van der Waals surface area contributed by atoms with Gasteiger partial charge in [-0.1, -0.05) is 37.4 Å². The third-order valence-corrected chi connectivity index (χ3v) is 3.27. The lowest BCUT2D eigenvalue weighted by atomic mass is 10.1. The zero-order valence-electron chi connectivity index (χ0n) is 14.8. The predicted octanol–water partition coefficient (Wildman–Crippen LogP) is 3.73. The molecule has 0 aromatic heterocycles. The van der Waals surface area contributed by atoms with Crippen molar-refractivity contribution in [1.82, 2.24) is 0 Å². The van der Waals surface area contributed by atoms with Crippen LogP contribution in [0.1, 0.15) is 20.8 Å². The topological polar surface area (TPSA) is 78.9 Å². The Hall–Kier alpha value is -3.41. The number of carbonyl (C=O) groups is 3. The summed E-state index contributed by atoms with van der Waals surface area (Å²) in [5.41, 5.74) is 0.390. The summed E-state index contributed by atoms with van der Waals surface area (Å²) in [5, 5.41) is 0.938. The van der Waals surface area contributed by atoms with Crippen LogP contribution in [0.3, 0.4) is 0 Å². The number of carbonyl (C=O) groups excluding carboxylic acids is 3. The van der Waals surface area contributed by atoms with E-state index in [1.54, 1.807) is 24.3 Å². The fraction of sp³-hybridized carbons (Fsp3) is 0.150. The second kappa shape index (κ2) is 7.65. The van der Waals surface area contributed by atoms with E-state index in [4.69, 9.17) is 14.2 Å². The van der Waals surface area contributed by atoms with Crippen molar-refractivity contribution in [2.24, 2.45) is 0 Å². The molecule has 0 aliphatic carbocycles. The highest BCUT2D eigenvalue weighted by Crippen LogP contribution is 2.42. The second-order valence-electron chi connectivity index (χ2n) is 5.68. The second-order valence-corrected chi connectivity index (χ2v) is 5.68. The van der Waals surface area contributed by atoms with Crippen LogP contribution >= 0.6 is 0 Å². The number of hydrogen-bond donors (Lipinski definition) is 0. The van der Waals surface area contributed by atoms with Gasteiger partial charge < -0.3 is 14.2 Å². The van der Waals surface area contributed by atoms with Crippen LogP contribution in [0, 0.1) is 0 Å². The van der Waals surface area contributed by atoms with Crippen LogP contribution < -0.4 is 14.2 Å². The van der Waals surface area contributed by atoms with Crippen molar-refractivity contribution in [2.75, 3.05) is 0 Å². The number of benzene rings is 2. The van der Waals surface area contributed by atoms with Crippen LogP contribution in [-0.4, -0.2) is 17.9 Å². The Kier molecular flexibility index (Phi) is 5.57. The standard InChI is InChI=1S/C20H18O6/c1-11(2)19(22)25-16-10-17(24-13(5)21)18(26-20(23)12(3)4)15-9-7-6-8-14(15)16/h6-10H,1,3H2,2,4-5H3. The molecule has 0 fully saturated rings. The molecule has 2 rings (SSSR count). The van der Waals surface area contributed by atoms with Crippen molar-refractivity contribution in [3.8, 4) is 17.2 Å². The minimum absolute atomic E-state index is 0.0407.